The Kier molecular flexibility index (Phi) is 8.89. The van der Waals surface area contributed by atoms with E-state index in [1.54, 1.807) is 0 Å². The topological polar surface area (TPSA) is 65.0 Å². The molecule has 0 unspecified atom stereocenters. The number of fused-ring (bicyclic) bond motifs is 16. The van der Waals surface area contributed by atoms with Crippen molar-refractivity contribution >= 4 is 43.9 Å². The van der Waals surface area contributed by atoms with Crippen LogP contribution in [0.5, 0.6) is 0 Å². The van der Waals surface area contributed by atoms with Crippen LogP contribution in [0.25, 0.3) is 134 Å². The summed E-state index contributed by atoms with van der Waals surface area (Å²) in [5, 5.41) is 3.91. The van der Waals surface area contributed by atoms with Crippen molar-refractivity contribution in [2.24, 2.45) is 0 Å². The van der Waals surface area contributed by atoms with Gasteiger partial charge in [0.25, 0.3) is 0 Å². The molecule has 3 aromatic heterocycles. The summed E-state index contributed by atoms with van der Waals surface area (Å²) in [6.07, 6.45) is 0. The van der Waals surface area contributed by atoms with Crippen molar-refractivity contribution in [3.63, 3.8) is 0 Å². The molecule has 5 nitrogen and oxygen atoms in total. The van der Waals surface area contributed by atoms with Crippen molar-refractivity contribution in [1.29, 1.82) is 0 Å². The van der Waals surface area contributed by atoms with Crippen LogP contribution in [-0.4, -0.2) is 15.0 Å². The Labute approximate surface area is 431 Å². The van der Waals surface area contributed by atoms with Gasteiger partial charge in [0.2, 0.25) is 0 Å². The molecule has 11 aromatic carbocycles. The monoisotopic (exact) mass is 955 g/mol. The zero-order valence-corrected chi connectivity index (χ0v) is 40.3. The van der Waals surface area contributed by atoms with Crippen LogP contribution in [0.15, 0.2) is 258 Å². The molecule has 16 rings (SSSR count). The summed E-state index contributed by atoms with van der Waals surface area (Å²) in [7, 11) is 0. The quantitative estimate of drug-likeness (QED) is 0.166. The van der Waals surface area contributed by atoms with Crippen molar-refractivity contribution < 1.29 is 8.83 Å². The van der Waals surface area contributed by atoms with Crippen LogP contribution in [0.1, 0.15) is 22.3 Å². The van der Waals surface area contributed by atoms with Crippen LogP contribution in [0.3, 0.4) is 0 Å². The first kappa shape index (κ1) is 41.6. The number of para-hydroxylation sites is 1. The van der Waals surface area contributed by atoms with E-state index >= 15 is 0 Å². The minimum Gasteiger partial charge on any atom is -0.456 e. The molecule has 0 bridgehead atoms. The highest BCUT2D eigenvalue weighted by Crippen LogP contribution is 2.64. The predicted molar refractivity (Wildman–Crippen MR) is 303 cm³/mol. The van der Waals surface area contributed by atoms with Crippen molar-refractivity contribution in [2.75, 3.05) is 0 Å². The fraction of sp³-hybridized carbons (Fsp3) is 0.0143. The van der Waals surface area contributed by atoms with E-state index in [9.17, 15) is 0 Å². The van der Waals surface area contributed by atoms with E-state index in [4.69, 9.17) is 23.8 Å². The molecule has 0 aliphatic heterocycles. The zero-order valence-electron chi connectivity index (χ0n) is 40.3. The lowest BCUT2D eigenvalue weighted by Gasteiger charge is -2.32. The summed E-state index contributed by atoms with van der Waals surface area (Å²) < 4.78 is 13.0. The van der Waals surface area contributed by atoms with Gasteiger partial charge in [-0.05, 0) is 108 Å². The molecule has 2 aliphatic carbocycles. The number of aromatic nitrogens is 3. The molecule has 0 N–H and O–H groups in total. The lowest BCUT2D eigenvalue weighted by atomic mass is 9.68. The van der Waals surface area contributed by atoms with E-state index in [1.165, 1.54) is 55.6 Å². The highest BCUT2D eigenvalue weighted by atomic mass is 16.3. The van der Waals surface area contributed by atoms with Gasteiger partial charge in [-0.15, -0.1) is 0 Å². The molecule has 0 saturated carbocycles. The van der Waals surface area contributed by atoms with Crippen molar-refractivity contribution in [1.82, 2.24) is 15.0 Å². The number of hydrogen-bond donors (Lipinski definition) is 0. The van der Waals surface area contributed by atoms with Gasteiger partial charge in [-0.3, -0.25) is 0 Å². The lowest BCUT2D eigenvalue weighted by Crippen LogP contribution is -2.26. The van der Waals surface area contributed by atoms with Crippen LogP contribution < -0.4 is 0 Å². The molecule has 3 heterocycles. The third-order valence-electron chi connectivity index (χ3n) is 15.8. The molecule has 348 valence electrons. The minimum atomic E-state index is -0.437. The molecule has 0 atom stereocenters. The van der Waals surface area contributed by atoms with E-state index in [0.29, 0.717) is 17.5 Å². The number of rotatable bonds is 6. The summed E-state index contributed by atoms with van der Waals surface area (Å²) in [5.74, 6) is 1.69. The third kappa shape index (κ3) is 6.10. The molecule has 2 aliphatic rings. The average molecular weight is 956 g/mol. The largest absolute Gasteiger partial charge is 0.456 e. The maximum atomic E-state index is 6.64. The zero-order chi connectivity index (χ0) is 49.2. The van der Waals surface area contributed by atoms with Gasteiger partial charge in [0, 0.05) is 38.2 Å². The second-order valence-corrected chi connectivity index (χ2v) is 19.7. The van der Waals surface area contributed by atoms with Crippen LogP contribution in [0.4, 0.5) is 0 Å². The molecular weight excluding hydrogens is 915 g/mol. The van der Waals surface area contributed by atoms with Crippen LogP contribution in [0.2, 0.25) is 0 Å². The Morgan fingerprint density at radius 2 is 0.667 bits per heavy atom. The first-order valence-corrected chi connectivity index (χ1v) is 25.5. The second kappa shape index (κ2) is 16.0. The average Bonchev–Trinajstić information content (AvgIpc) is 4.30. The highest BCUT2D eigenvalue weighted by Gasteiger charge is 2.52. The van der Waals surface area contributed by atoms with Crippen LogP contribution in [0, 0.1) is 0 Å². The van der Waals surface area contributed by atoms with Gasteiger partial charge in [-0.1, -0.05) is 218 Å². The van der Waals surface area contributed by atoms with E-state index in [1.807, 2.05) is 48.5 Å². The highest BCUT2D eigenvalue weighted by molar-refractivity contribution is 6.14. The first-order chi connectivity index (χ1) is 37.2. The molecule has 14 aromatic rings. The maximum Gasteiger partial charge on any atom is 0.164 e. The van der Waals surface area contributed by atoms with E-state index in [0.717, 1.165) is 82.8 Å². The van der Waals surface area contributed by atoms with E-state index < -0.39 is 5.41 Å². The van der Waals surface area contributed by atoms with Crippen LogP contribution >= 0.6 is 0 Å². The number of hydrogen-bond acceptors (Lipinski definition) is 5. The van der Waals surface area contributed by atoms with Gasteiger partial charge >= 0.3 is 0 Å². The summed E-state index contributed by atoms with van der Waals surface area (Å²) in [6.45, 7) is 0. The van der Waals surface area contributed by atoms with E-state index in [-0.39, 0.29) is 0 Å². The van der Waals surface area contributed by atoms with Gasteiger partial charge in [0.1, 0.15) is 22.3 Å². The standard InChI is InChI=1S/C70H41N3O2/c1-2-15-42(16-3-1)43-33-37-46(38-34-43)67-71-68(54-23-13-29-62-64(54)53-20-7-11-28-60(53)74-62)73-69(72-67)55-24-14-30-63-65(55)56-41-47(39-40-61(56)75-63)44-31-35-45(36-32-44)48-21-12-22-52-51-19-6-10-27-59(51)70(66(48)52)57-25-8-4-17-49(57)50-18-5-9-26-58(50)70/h1-41H. The predicted octanol–water partition coefficient (Wildman–Crippen LogP) is 18.0. The maximum absolute atomic E-state index is 6.64. The van der Waals surface area contributed by atoms with Crippen molar-refractivity contribution in [3.8, 4) is 89.8 Å². The molecule has 75 heavy (non-hydrogen) atoms. The van der Waals surface area contributed by atoms with Crippen molar-refractivity contribution in [2.45, 2.75) is 5.41 Å². The Morgan fingerprint density at radius 1 is 0.253 bits per heavy atom. The summed E-state index contributed by atoms with van der Waals surface area (Å²) in [6, 6.07) is 88.7. The Balaban J connectivity index is 0.832. The van der Waals surface area contributed by atoms with Gasteiger partial charge < -0.3 is 8.83 Å². The SMILES string of the molecule is c1ccc(-c2ccc(-c3nc(-c4cccc5oc6ccccc6c45)nc(-c4cccc5oc6ccc(-c7ccc(-c8cccc9c8C8(c%10ccccc%10-c%10ccccc%108)c8ccccc8-9)cc7)cc6c45)n3)cc2)cc1. The summed E-state index contributed by atoms with van der Waals surface area (Å²) >= 11 is 0. The molecular formula is C70H41N3O2. The third-order valence-corrected chi connectivity index (χ3v) is 15.8. The van der Waals surface area contributed by atoms with E-state index in [2.05, 4.69) is 200 Å². The Morgan fingerprint density at radius 3 is 1.32 bits per heavy atom. The normalized spacial score (nSPS) is 12.9. The van der Waals surface area contributed by atoms with Gasteiger partial charge in [-0.25, -0.2) is 15.0 Å². The number of furan rings is 2. The van der Waals surface area contributed by atoms with Crippen LogP contribution in [-0.2, 0) is 5.41 Å². The summed E-state index contributed by atoms with van der Waals surface area (Å²) in [5.41, 5.74) is 22.8. The molecule has 0 radical (unpaired) electrons. The fourth-order valence-corrected chi connectivity index (χ4v) is 12.6. The molecule has 0 saturated heterocycles. The molecule has 0 fully saturated rings. The minimum absolute atomic E-state index is 0.437. The molecule has 0 amide bonds. The molecule has 5 heteroatoms. The smallest absolute Gasteiger partial charge is 0.164 e. The van der Waals surface area contributed by atoms with Gasteiger partial charge in [0.15, 0.2) is 17.5 Å². The summed E-state index contributed by atoms with van der Waals surface area (Å²) in [4.78, 5) is 15.9. The number of nitrogens with zero attached hydrogens (tertiary/aromatic N) is 3. The van der Waals surface area contributed by atoms with Gasteiger partial charge in [-0.2, -0.15) is 0 Å². The van der Waals surface area contributed by atoms with Crippen molar-refractivity contribution in [3.05, 3.63) is 271 Å². The second-order valence-electron chi connectivity index (χ2n) is 19.7. The fourth-order valence-electron chi connectivity index (χ4n) is 12.6. The Hall–Kier alpha value is -9.97. The lowest BCUT2D eigenvalue weighted by molar-refractivity contribution is 0.668. The molecule has 1 spiro atoms. The van der Waals surface area contributed by atoms with Gasteiger partial charge in [0.05, 0.1) is 5.41 Å². The first-order valence-electron chi connectivity index (χ1n) is 25.5. The Bertz CT molecular complexity index is 4580. The number of benzene rings is 11.